The van der Waals surface area contributed by atoms with Crippen LogP contribution in [0, 0.1) is 51.8 Å². The monoisotopic (exact) mass is 799 g/mol. The fourth-order valence-corrected chi connectivity index (χ4v) is 14.8. The van der Waals surface area contributed by atoms with E-state index in [9.17, 15) is 25.2 Å². The summed E-state index contributed by atoms with van der Waals surface area (Å²) in [5, 5.41) is 51.7. The third kappa shape index (κ3) is 5.94. The van der Waals surface area contributed by atoms with E-state index in [1.165, 1.54) is 5.56 Å². The van der Waals surface area contributed by atoms with Gasteiger partial charge in [0.05, 0.1) is 29.7 Å². The van der Waals surface area contributed by atoms with E-state index >= 15 is 0 Å². The number of ketones is 1. The van der Waals surface area contributed by atoms with Crippen molar-refractivity contribution in [2.45, 2.75) is 153 Å². The zero-order chi connectivity index (χ0) is 41.0. The van der Waals surface area contributed by atoms with E-state index in [2.05, 4.69) is 62.5 Å². The lowest BCUT2D eigenvalue weighted by atomic mass is 9.40. The van der Waals surface area contributed by atoms with Gasteiger partial charge in [0.15, 0.2) is 5.78 Å². The predicted molar refractivity (Wildman–Crippen MR) is 223 cm³/mol. The molecular weight excluding hydrogens is 729 g/mol. The lowest BCUT2D eigenvalue weighted by Crippen LogP contribution is -2.67. The van der Waals surface area contributed by atoms with E-state index in [1.54, 1.807) is 0 Å². The number of fused-ring (bicyclic) bond motifs is 2. The van der Waals surface area contributed by atoms with Crippen LogP contribution in [0.4, 0.5) is 0 Å². The Balaban J connectivity index is 1.11. The minimum absolute atomic E-state index is 0.0159. The second-order valence-corrected chi connectivity index (χ2v) is 21.4. The molecule has 0 amide bonds. The van der Waals surface area contributed by atoms with Crippen molar-refractivity contribution in [3.8, 4) is 0 Å². The van der Waals surface area contributed by atoms with E-state index in [0.29, 0.717) is 57.0 Å². The van der Waals surface area contributed by atoms with Crippen LogP contribution in [-0.2, 0) is 20.7 Å². The van der Waals surface area contributed by atoms with Crippen LogP contribution in [0.2, 0.25) is 0 Å². The van der Waals surface area contributed by atoms with Crippen molar-refractivity contribution in [1.82, 2.24) is 5.32 Å². The molecule has 0 bridgehead atoms. The zero-order valence-corrected chi connectivity index (χ0v) is 35.6. The van der Waals surface area contributed by atoms with Crippen LogP contribution >= 0.6 is 0 Å². The molecule has 8 aliphatic rings. The molecule has 9 rings (SSSR count). The molecule has 9 nitrogen and oxygen atoms in total. The summed E-state index contributed by atoms with van der Waals surface area (Å²) in [4.78, 5) is 14.8. The SMILES string of the molecule is CC1CCOC(C2OC2C(C)(O)C(C)(CO)CCC2=CCNC(N)=C2)(C2CC3CCC4=C5C(C(CCc6ccccc6)CC2(C)C53O)C2(C)CCC(O)CC2C4=O)C1. The highest BCUT2D eigenvalue weighted by molar-refractivity contribution is 6.00. The maximum absolute atomic E-state index is 14.8. The number of nitrogens with two attached hydrogens (primary N) is 1. The predicted octanol–water partition coefficient (Wildman–Crippen LogP) is 6.28. The molecule has 5 aliphatic carbocycles. The summed E-state index contributed by atoms with van der Waals surface area (Å²) < 4.78 is 14.0. The van der Waals surface area contributed by atoms with Crippen molar-refractivity contribution < 1.29 is 34.7 Å². The molecule has 2 saturated heterocycles. The molecule has 318 valence electrons. The van der Waals surface area contributed by atoms with Gasteiger partial charge in [-0.05, 0) is 154 Å². The number of carbonyl (C=O) groups excluding carboxylic acids is 1. The molecule has 1 aromatic rings. The first-order valence-corrected chi connectivity index (χ1v) is 22.8. The molecule has 1 aromatic carbocycles. The lowest BCUT2D eigenvalue weighted by Gasteiger charge is -2.66. The summed E-state index contributed by atoms with van der Waals surface area (Å²) in [5.41, 5.74) is 5.30. The summed E-state index contributed by atoms with van der Waals surface area (Å²) in [6.07, 6.45) is 12.5. The van der Waals surface area contributed by atoms with Gasteiger partial charge in [0.25, 0.3) is 0 Å². The van der Waals surface area contributed by atoms with E-state index in [1.807, 2.05) is 19.9 Å². The number of aliphatic hydroxyl groups is 4. The summed E-state index contributed by atoms with van der Waals surface area (Å²) in [7, 11) is 0. The molecule has 9 heteroatoms. The van der Waals surface area contributed by atoms with Crippen LogP contribution in [0.5, 0.6) is 0 Å². The second-order valence-electron chi connectivity index (χ2n) is 21.4. The molecule has 58 heavy (non-hydrogen) atoms. The summed E-state index contributed by atoms with van der Waals surface area (Å²) in [6, 6.07) is 10.7. The van der Waals surface area contributed by atoms with Crippen molar-refractivity contribution >= 4 is 5.78 Å². The Labute approximate surface area is 345 Å². The Kier molecular flexibility index (Phi) is 10.1. The molecule has 5 fully saturated rings. The summed E-state index contributed by atoms with van der Waals surface area (Å²) >= 11 is 0. The number of epoxide rings is 1. The Morgan fingerprint density at radius 3 is 2.55 bits per heavy atom. The Hall–Kier alpha value is -2.53. The van der Waals surface area contributed by atoms with Crippen molar-refractivity contribution in [2.75, 3.05) is 19.8 Å². The minimum atomic E-state index is -1.37. The number of allylic oxidation sites excluding steroid dienone is 3. The van der Waals surface area contributed by atoms with Crippen LogP contribution in [0.1, 0.15) is 117 Å². The van der Waals surface area contributed by atoms with Crippen molar-refractivity contribution in [3.05, 3.63) is 70.6 Å². The fourth-order valence-electron chi connectivity index (χ4n) is 14.8. The van der Waals surface area contributed by atoms with E-state index < -0.39 is 45.9 Å². The number of Topliss-reactive ketones (excluding diaryl/α,β-unsaturated/α-hetero) is 1. The maximum atomic E-state index is 14.8. The molecule has 7 N–H and O–H groups in total. The van der Waals surface area contributed by atoms with Crippen molar-refractivity contribution in [2.24, 2.45) is 57.5 Å². The third-order valence-electron chi connectivity index (χ3n) is 18.3. The number of aryl methyl sites for hydroxylation is 1. The van der Waals surface area contributed by atoms with E-state index in [-0.39, 0.29) is 47.4 Å². The highest BCUT2D eigenvalue weighted by Gasteiger charge is 2.79. The maximum Gasteiger partial charge on any atom is 0.162 e. The number of nitrogens with one attached hydrogen (secondary N) is 1. The highest BCUT2D eigenvalue weighted by Crippen LogP contribution is 2.76. The second kappa shape index (κ2) is 14.3. The lowest BCUT2D eigenvalue weighted by molar-refractivity contribution is -0.205. The van der Waals surface area contributed by atoms with Crippen LogP contribution in [-0.4, -0.2) is 81.1 Å². The van der Waals surface area contributed by atoms with Gasteiger partial charge < -0.3 is 41.0 Å². The highest BCUT2D eigenvalue weighted by atomic mass is 16.6. The summed E-state index contributed by atoms with van der Waals surface area (Å²) in [6.45, 7) is 11.8. The Morgan fingerprint density at radius 1 is 1.05 bits per heavy atom. The fraction of sp³-hybridized carbons (Fsp3) is 0.735. The first-order chi connectivity index (χ1) is 27.5. The van der Waals surface area contributed by atoms with Gasteiger partial charge in [0.1, 0.15) is 17.8 Å². The number of hydrogen-bond acceptors (Lipinski definition) is 9. The van der Waals surface area contributed by atoms with Gasteiger partial charge in [-0.15, -0.1) is 0 Å². The molecule has 15 unspecified atom stereocenters. The Morgan fingerprint density at radius 2 is 1.83 bits per heavy atom. The largest absolute Gasteiger partial charge is 0.396 e. The number of benzene rings is 1. The van der Waals surface area contributed by atoms with Crippen molar-refractivity contribution in [1.29, 1.82) is 0 Å². The van der Waals surface area contributed by atoms with Gasteiger partial charge in [0.2, 0.25) is 0 Å². The van der Waals surface area contributed by atoms with Crippen molar-refractivity contribution in [3.63, 3.8) is 0 Å². The van der Waals surface area contributed by atoms with E-state index in [4.69, 9.17) is 15.2 Å². The number of hydrogen-bond donors (Lipinski definition) is 6. The molecule has 3 aliphatic heterocycles. The molecule has 15 atom stereocenters. The number of ether oxygens (including phenoxy) is 2. The van der Waals surface area contributed by atoms with E-state index in [0.717, 1.165) is 68.1 Å². The molecule has 0 radical (unpaired) electrons. The average Bonchev–Trinajstić information content (AvgIpc) is 3.99. The third-order valence-corrected chi connectivity index (χ3v) is 18.3. The molecular formula is C49H70N2O7. The molecule has 0 aromatic heterocycles. The standard InChI is InChI=1S/C49H70N2O7/c1-29-18-22-57-48(26-29,43-42(58-43)47(5,55)44(2,28-52)19-15-31-17-21-51-38(50)23-31)37-24-33-13-14-35-40-39(45(3)20-16-34(53)25-36(45)41(35)54)32(27-46(37,4)49(33,40)56)12-11-30-9-7-6-8-10-30/h6-10,17,23,29,32-34,36-37,39,42-43,51-53,55-56H,11-16,18-22,24-28,50H2,1-5H3. The first kappa shape index (κ1) is 40.9. The first-order valence-electron chi connectivity index (χ1n) is 22.8. The van der Waals surface area contributed by atoms with Crippen LogP contribution < -0.4 is 11.1 Å². The average molecular weight is 799 g/mol. The van der Waals surface area contributed by atoms with Gasteiger partial charge in [-0.3, -0.25) is 4.79 Å². The van der Waals surface area contributed by atoms with Gasteiger partial charge in [-0.1, -0.05) is 64.1 Å². The topological polar surface area (TPSA) is 158 Å². The quantitative estimate of drug-likeness (QED) is 0.142. The Bertz CT molecular complexity index is 1880. The van der Waals surface area contributed by atoms with Gasteiger partial charge in [-0.25, -0.2) is 0 Å². The molecule has 3 heterocycles. The smallest absolute Gasteiger partial charge is 0.162 e. The van der Waals surface area contributed by atoms with Gasteiger partial charge in [-0.2, -0.15) is 0 Å². The minimum Gasteiger partial charge on any atom is -0.396 e. The molecule has 3 saturated carbocycles. The number of dihydropyridines is 1. The molecule has 0 spiro atoms. The number of rotatable bonds is 11. The number of aliphatic hydroxyl groups excluding tert-OH is 2. The van der Waals surface area contributed by atoms with Crippen LogP contribution in [0.25, 0.3) is 0 Å². The van der Waals surface area contributed by atoms with Gasteiger partial charge >= 0.3 is 0 Å². The van der Waals surface area contributed by atoms with Crippen LogP contribution in [0.3, 0.4) is 0 Å². The zero-order valence-electron chi connectivity index (χ0n) is 35.6. The van der Waals surface area contributed by atoms with Gasteiger partial charge in [0, 0.05) is 29.9 Å². The number of carbonyl (C=O) groups is 1. The normalized spacial score (nSPS) is 45.2. The van der Waals surface area contributed by atoms with Crippen LogP contribution in [0.15, 0.2) is 65.0 Å². The summed E-state index contributed by atoms with van der Waals surface area (Å²) in [5.74, 6) is 1.15.